The topological polar surface area (TPSA) is 58.1 Å². The van der Waals surface area contributed by atoms with Crippen LogP contribution in [0.2, 0.25) is 0 Å². The molecule has 0 aliphatic carbocycles. The maximum atomic E-state index is 5.84. The molecule has 0 amide bonds. The lowest BCUT2D eigenvalue weighted by molar-refractivity contribution is 0.223. The molecule has 0 unspecified atom stereocenters. The van der Waals surface area contributed by atoms with E-state index in [-0.39, 0.29) is 24.0 Å². The third-order valence-electron chi connectivity index (χ3n) is 4.80. The van der Waals surface area contributed by atoms with E-state index in [9.17, 15) is 0 Å². The van der Waals surface area contributed by atoms with Gasteiger partial charge >= 0.3 is 0 Å². The second kappa shape index (κ2) is 14.9. The van der Waals surface area contributed by atoms with Crippen molar-refractivity contribution < 1.29 is 9.47 Å². The molecule has 0 saturated heterocycles. The second-order valence-electron chi connectivity index (χ2n) is 6.65. The summed E-state index contributed by atoms with van der Waals surface area (Å²) in [7, 11) is 3.44. The van der Waals surface area contributed by atoms with Gasteiger partial charge in [-0.3, -0.25) is 4.99 Å². The molecule has 0 atom stereocenters. The minimum absolute atomic E-state index is 0. The van der Waals surface area contributed by atoms with Gasteiger partial charge in [-0.1, -0.05) is 38.1 Å². The molecule has 0 heterocycles. The van der Waals surface area contributed by atoms with Gasteiger partial charge < -0.3 is 25.0 Å². The zero-order chi connectivity index (χ0) is 20.9. The van der Waals surface area contributed by atoms with Gasteiger partial charge in [0.05, 0.1) is 7.11 Å². The summed E-state index contributed by atoms with van der Waals surface area (Å²) in [6.45, 7) is 9.51. The van der Waals surface area contributed by atoms with Crippen molar-refractivity contribution in [2.75, 3.05) is 40.4 Å². The third-order valence-corrected chi connectivity index (χ3v) is 4.80. The minimum atomic E-state index is 0. The molecule has 0 bridgehead atoms. The number of nitrogens with zero attached hydrogens (tertiary/aromatic N) is 2. The van der Waals surface area contributed by atoms with E-state index < -0.39 is 0 Å². The molecule has 0 fully saturated rings. The quantitative estimate of drug-likeness (QED) is 0.264. The average molecular weight is 526 g/mol. The van der Waals surface area contributed by atoms with Crippen molar-refractivity contribution in [3.8, 4) is 11.5 Å². The fraction of sp³-hybridized carbons (Fsp3) is 0.435. The number of nitrogens with one attached hydrogen (secondary N) is 2. The summed E-state index contributed by atoms with van der Waals surface area (Å²) < 4.78 is 11.0. The Labute approximate surface area is 198 Å². The number of halogens is 1. The first kappa shape index (κ1) is 26.0. The van der Waals surface area contributed by atoms with Crippen molar-refractivity contribution in [2.45, 2.75) is 26.9 Å². The van der Waals surface area contributed by atoms with Gasteiger partial charge in [-0.25, -0.2) is 0 Å². The largest absolute Gasteiger partial charge is 0.497 e. The molecule has 0 aliphatic rings. The Morgan fingerprint density at radius 2 is 1.37 bits per heavy atom. The number of rotatable bonds is 11. The molecular formula is C23H35IN4O2. The van der Waals surface area contributed by atoms with E-state index in [4.69, 9.17) is 9.47 Å². The summed E-state index contributed by atoms with van der Waals surface area (Å²) in [5.41, 5.74) is 2.34. The van der Waals surface area contributed by atoms with Gasteiger partial charge in [0.15, 0.2) is 5.96 Å². The molecule has 0 aliphatic heterocycles. The number of hydrogen-bond acceptors (Lipinski definition) is 4. The highest BCUT2D eigenvalue weighted by molar-refractivity contribution is 14.0. The first-order chi connectivity index (χ1) is 14.2. The van der Waals surface area contributed by atoms with Gasteiger partial charge in [-0.05, 0) is 48.5 Å². The van der Waals surface area contributed by atoms with Crippen LogP contribution in [0.4, 0.5) is 0 Å². The summed E-state index contributed by atoms with van der Waals surface area (Å²) in [4.78, 5) is 6.63. The van der Waals surface area contributed by atoms with Gasteiger partial charge in [0, 0.05) is 26.7 Å². The van der Waals surface area contributed by atoms with Crippen molar-refractivity contribution in [3.05, 3.63) is 59.7 Å². The molecule has 2 N–H and O–H groups in total. The van der Waals surface area contributed by atoms with Crippen LogP contribution < -0.4 is 20.1 Å². The van der Waals surface area contributed by atoms with E-state index in [2.05, 4.69) is 46.5 Å². The van der Waals surface area contributed by atoms with E-state index in [1.54, 1.807) is 14.2 Å². The van der Waals surface area contributed by atoms with E-state index >= 15 is 0 Å². The van der Waals surface area contributed by atoms with Crippen LogP contribution in [0.1, 0.15) is 25.0 Å². The Morgan fingerprint density at radius 3 is 1.80 bits per heavy atom. The lowest BCUT2D eigenvalue weighted by Gasteiger charge is -2.18. The molecule has 30 heavy (non-hydrogen) atoms. The van der Waals surface area contributed by atoms with E-state index in [1.165, 1.54) is 11.1 Å². The number of hydrogen-bond donors (Lipinski definition) is 2. The first-order valence-electron chi connectivity index (χ1n) is 10.2. The van der Waals surface area contributed by atoms with Crippen LogP contribution >= 0.6 is 24.0 Å². The van der Waals surface area contributed by atoms with Crippen LogP contribution in [0.3, 0.4) is 0 Å². The normalized spacial score (nSPS) is 11.0. The molecule has 2 rings (SSSR count). The Balaban J connectivity index is 0.00000450. The highest BCUT2D eigenvalue weighted by Crippen LogP contribution is 2.12. The van der Waals surface area contributed by atoms with Crippen molar-refractivity contribution in [3.63, 3.8) is 0 Å². The lowest BCUT2D eigenvalue weighted by Crippen LogP contribution is -2.36. The van der Waals surface area contributed by atoms with Crippen molar-refractivity contribution in [1.29, 1.82) is 0 Å². The zero-order valence-electron chi connectivity index (χ0n) is 18.5. The van der Waals surface area contributed by atoms with Gasteiger partial charge in [-0.2, -0.15) is 0 Å². The monoisotopic (exact) mass is 526 g/mol. The standard InChI is InChI=1S/C23H34N4O2.HI/c1-5-27(6-2)15-16-29-22-13-9-20(10-14-22)18-26-23(24-3)25-17-19-7-11-21(28-4)12-8-19;/h7-14H,5-6,15-18H2,1-4H3,(H2,24,25,26);1H. The number of benzene rings is 2. The van der Waals surface area contributed by atoms with Gasteiger partial charge in [0.25, 0.3) is 0 Å². The summed E-state index contributed by atoms with van der Waals surface area (Å²) in [6.07, 6.45) is 0. The summed E-state index contributed by atoms with van der Waals surface area (Å²) >= 11 is 0. The Kier molecular flexibility index (Phi) is 12.9. The summed E-state index contributed by atoms with van der Waals surface area (Å²) in [5, 5.41) is 6.66. The molecule has 2 aromatic carbocycles. The number of guanidine groups is 1. The number of likely N-dealkylation sites (N-methyl/N-ethyl adjacent to an activating group) is 1. The molecule has 2 aromatic rings. The Morgan fingerprint density at radius 1 is 0.867 bits per heavy atom. The highest BCUT2D eigenvalue weighted by Gasteiger charge is 2.02. The van der Waals surface area contributed by atoms with Gasteiger partial charge in [0.2, 0.25) is 0 Å². The number of ether oxygens (including phenoxy) is 2. The average Bonchev–Trinajstić information content (AvgIpc) is 2.78. The Bertz CT molecular complexity index is 732. The Hall–Kier alpha value is -2.00. The summed E-state index contributed by atoms with van der Waals surface area (Å²) in [5.74, 6) is 2.53. The molecule has 7 heteroatoms. The van der Waals surface area contributed by atoms with Crippen LogP contribution in [0, 0.1) is 0 Å². The fourth-order valence-corrected chi connectivity index (χ4v) is 2.87. The van der Waals surface area contributed by atoms with Crippen LogP contribution in [0.25, 0.3) is 0 Å². The van der Waals surface area contributed by atoms with Crippen LogP contribution in [0.15, 0.2) is 53.5 Å². The van der Waals surface area contributed by atoms with E-state index in [1.807, 2.05) is 36.4 Å². The zero-order valence-corrected chi connectivity index (χ0v) is 20.8. The van der Waals surface area contributed by atoms with Crippen molar-refractivity contribution in [1.82, 2.24) is 15.5 Å². The molecule has 0 radical (unpaired) electrons. The molecule has 0 saturated carbocycles. The lowest BCUT2D eigenvalue weighted by atomic mass is 10.2. The fourth-order valence-electron chi connectivity index (χ4n) is 2.87. The predicted octanol–water partition coefficient (Wildman–Crippen LogP) is 3.90. The van der Waals surface area contributed by atoms with Crippen molar-refractivity contribution in [2.24, 2.45) is 4.99 Å². The maximum absolute atomic E-state index is 5.84. The summed E-state index contributed by atoms with van der Waals surface area (Å²) in [6, 6.07) is 16.2. The molecule has 6 nitrogen and oxygen atoms in total. The molecular weight excluding hydrogens is 491 g/mol. The third kappa shape index (κ3) is 9.21. The smallest absolute Gasteiger partial charge is 0.191 e. The van der Waals surface area contributed by atoms with Crippen LogP contribution in [-0.4, -0.2) is 51.3 Å². The van der Waals surface area contributed by atoms with Gasteiger partial charge in [0.1, 0.15) is 18.1 Å². The minimum Gasteiger partial charge on any atom is -0.497 e. The van der Waals surface area contributed by atoms with E-state index in [0.29, 0.717) is 19.7 Å². The molecule has 0 aromatic heterocycles. The van der Waals surface area contributed by atoms with Gasteiger partial charge in [-0.15, -0.1) is 24.0 Å². The van der Waals surface area contributed by atoms with Crippen molar-refractivity contribution >= 4 is 29.9 Å². The second-order valence-corrected chi connectivity index (χ2v) is 6.65. The highest BCUT2D eigenvalue weighted by atomic mass is 127. The molecule has 166 valence electrons. The van der Waals surface area contributed by atoms with Crippen LogP contribution in [0.5, 0.6) is 11.5 Å². The SMILES string of the molecule is CCN(CC)CCOc1ccc(CNC(=NC)NCc2ccc(OC)cc2)cc1.I. The molecule has 0 spiro atoms. The van der Waals surface area contributed by atoms with Crippen LogP contribution in [-0.2, 0) is 13.1 Å². The predicted molar refractivity (Wildman–Crippen MR) is 135 cm³/mol. The number of aliphatic imine (C=N–C) groups is 1. The maximum Gasteiger partial charge on any atom is 0.191 e. The first-order valence-corrected chi connectivity index (χ1v) is 10.2. The number of methoxy groups -OCH3 is 1. The van der Waals surface area contributed by atoms with E-state index in [0.717, 1.165) is 37.1 Å².